The minimum Gasteiger partial charge on any atom is -0.497 e. The number of benzene rings is 2. The highest BCUT2D eigenvalue weighted by atomic mass is 32.2. The summed E-state index contributed by atoms with van der Waals surface area (Å²) >= 11 is 0. The minimum atomic E-state index is -3.84. The first-order valence-electron chi connectivity index (χ1n) is 8.83. The van der Waals surface area contributed by atoms with E-state index in [1.165, 1.54) is 19.2 Å². The molecule has 0 bridgehead atoms. The Bertz CT molecular complexity index is 860. The molecule has 7 heteroatoms. The van der Waals surface area contributed by atoms with Gasteiger partial charge in [0.05, 0.1) is 12.0 Å². The summed E-state index contributed by atoms with van der Waals surface area (Å²) in [6, 6.07) is 12.6. The highest BCUT2D eigenvalue weighted by Crippen LogP contribution is 2.18. The summed E-state index contributed by atoms with van der Waals surface area (Å²) in [4.78, 5) is 12.7. The summed E-state index contributed by atoms with van der Waals surface area (Å²) in [5, 5.41) is 2.78. The van der Waals surface area contributed by atoms with Gasteiger partial charge in [-0.05, 0) is 54.3 Å². The van der Waals surface area contributed by atoms with Gasteiger partial charge >= 0.3 is 0 Å². The number of nitrogens with one attached hydrogen (secondary N) is 2. The zero-order valence-electron chi connectivity index (χ0n) is 16.0. The summed E-state index contributed by atoms with van der Waals surface area (Å²) < 4.78 is 32.9. The molecule has 1 amide bonds. The number of aryl methyl sites for hydroxylation is 1. The van der Waals surface area contributed by atoms with Crippen molar-refractivity contribution in [2.75, 3.05) is 12.4 Å². The molecule has 2 rings (SSSR count). The van der Waals surface area contributed by atoms with Gasteiger partial charge in [-0.2, -0.15) is 4.72 Å². The van der Waals surface area contributed by atoms with Gasteiger partial charge < -0.3 is 10.1 Å². The first-order valence-corrected chi connectivity index (χ1v) is 10.3. The van der Waals surface area contributed by atoms with E-state index in [1.54, 1.807) is 26.0 Å². The van der Waals surface area contributed by atoms with Crippen molar-refractivity contribution in [3.63, 3.8) is 0 Å². The molecule has 0 spiro atoms. The van der Waals surface area contributed by atoms with Crippen LogP contribution in [0.2, 0.25) is 0 Å². The third-order valence-corrected chi connectivity index (χ3v) is 5.69. The number of rotatable bonds is 8. The maximum Gasteiger partial charge on any atom is 0.242 e. The number of hydrogen-bond acceptors (Lipinski definition) is 4. The summed E-state index contributed by atoms with van der Waals surface area (Å²) in [7, 11) is -2.34. The number of methoxy groups -OCH3 is 1. The number of anilines is 1. The Balaban J connectivity index is 2.16. The van der Waals surface area contributed by atoms with Crippen LogP contribution >= 0.6 is 0 Å². The Labute approximate surface area is 161 Å². The predicted molar refractivity (Wildman–Crippen MR) is 106 cm³/mol. The number of sulfonamides is 1. The van der Waals surface area contributed by atoms with Gasteiger partial charge in [0.2, 0.25) is 15.9 Å². The van der Waals surface area contributed by atoms with E-state index in [9.17, 15) is 13.2 Å². The van der Waals surface area contributed by atoms with E-state index in [0.29, 0.717) is 11.4 Å². The monoisotopic (exact) mass is 390 g/mol. The van der Waals surface area contributed by atoms with Crippen molar-refractivity contribution >= 4 is 21.6 Å². The SMILES string of the molecule is CCc1ccc(NC(=O)C(NS(=O)(=O)c2ccc(OC)cc2)C(C)C)cc1. The van der Waals surface area contributed by atoms with Crippen LogP contribution in [0.3, 0.4) is 0 Å². The van der Waals surface area contributed by atoms with Gasteiger partial charge in [-0.15, -0.1) is 0 Å². The van der Waals surface area contributed by atoms with Crippen molar-refractivity contribution in [2.45, 2.75) is 38.1 Å². The molecular formula is C20H26N2O4S. The fourth-order valence-corrected chi connectivity index (χ4v) is 3.87. The van der Waals surface area contributed by atoms with Crippen molar-refractivity contribution in [3.05, 3.63) is 54.1 Å². The third-order valence-electron chi connectivity index (χ3n) is 4.23. The Morgan fingerprint density at radius 3 is 2.11 bits per heavy atom. The van der Waals surface area contributed by atoms with E-state index in [2.05, 4.69) is 17.0 Å². The topological polar surface area (TPSA) is 84.5 Å². The lowest BCUT2D eigenvalue weighted by Crippen LogP contribution is -2.47. The number of amides is 1. The van der Waals surface area contributed by atoms with Gasteiger partial charge in [0.25, 0.3) is 0 Å². The highest BCUT2D eigenvalue weighted by Gasteiger charge is 2.28. The maximum atomic E-state index is 12.7. The van der Waals surface area contributed by atoms with Crippen molar-refractivity contribution in [1.82, 2.24) is 4.72 Å². The van der Waals surface area contributed by atoms with Gasteiger partial charge in [-0.1, -0.05) is 32.9 Å². The fraction of sp³-hybridized carbons (Fsp3) is 0.350. The van der Waals surface area contributed by atoms with Crippen LogP contribution in [0.25, 0.3) is 0 Å². The van der Waals surface area contributed by atoms with Crippen LogP contribution in [-0.4, -0.2) is 27.5 Å². The third kappa shape index (κ3) is 5.55. The number of ether oxygens (including phenoxy) is 1. The van der Waals surface area contributed by atoms with Gasteiger partial charge in [0, 0.05) is 5.69 Å². The summed E-state index contributed by atoms with van der Waals surface area (Å²) in [5.41, 5.74) is 1.79. The van der Waals surface area contributed by atoms with Crippen molar-refractivity contribution in [3.8, 4) is 5.75 Å². The number of hydrogen-bond donors (Lipinski definition) is 2. The zero-order valence-corrected chi connectivity index (χ0v) is 16.8. The lowest BCUT2D eigenvalue weighted by molar-refractivity contribution is -0.118. The van der Waals surface area contributed by atoms with Crippen LogP contribution in [0.5, 0.6) is 5.75 Å². The van der Waals surface area contributed by atoms with E-state index in [1.807, 2.05) is 24.3 Å². The van der Waals surface area contributed by atoms with Crippen LogP contribution in [0.15, 0.2) is 53.4 Å². The van der Waals surface area contributed by atoms with Crippen LogP contribution < -0.4 is 14.8 Å². The summed E-state index contributed by atoms with van der Waals surface area (Å²) in [6.07, 6.45) is 0.907. The van der Waals surface area contributed by atoms with Crippen molar-refractivity contribution < 1.29 is 17.9 Å². The summed E-state index contributed by atoms with van der Waals surface area (Å²) in [5.74, 6) is -0.0677. The highest BCUT2D eigenvalue weighted by molar-refractivity contribution is 7.89. The molecule has 2 N–H and O–H groups in total. The number of carbonyl (C=O) groups excluding carboxylic acids is 1. The Morgan fingerprint density at radius 1 is 1.04 bits per heavy atom. The van der Waals surface area contributed by atoms with Gasteiger partial charge in [0.1, 0.15) is 11.8 Å². The molecule has 146 valence electrons. The Hall–Kier alpha value is -2.38. The molecule has 0 saturated carbocycles. The van der Waals surface area contributed by atoms with E-state index in [-0.39, 0.29) is 10.8 Å². The normalized spacial score (nSPS) is 12.6. The second-order valence-corrected chi connectivity index (χ2v) is 8.27. The van der Waals surface area contributed by atoms with Crippen molar-refractivity contribution in [1.29, 1.82) is 0 Å². The quantitative estimate of drug-likeness (QED) is 0.725. The van der Waals surface area contributed by atoms with E-state index in [4.69, 9.17) is 4.74 Å². The van der Waals surface area contributed by atoms with Crippen LogP contribution in [0.1, 0.15) is 26.3 Å². The standard InChI is InChI=1S/C20H26N2O4S/c1-5-15-6-8-16(9-7-15)21-20(23)19(14(2)3)22-27(24,25)18-12-10-17(26-4)11-13-18/h6-14,19,22H,5H2,1-4H3,(H,21,23). The molecule has 0 aromatic heterocycles. The first kappa shape index (κ1) is 20.9. The molecule has 0 saturated heterocycles. The molecule has 27 heavy (non-hydrogen) atoms. The fourth-order valence-electron chi connectivity index (χ4n) is 2.53. The molecule has 0 aliphatic carbocycles. The Kier molecular flexibility index (Phi) is 6.98. The number of carbonyl (C=O) groups is 1. The van der Waals surface area contributed by atoms with E-state index >= 15 is 0 Å². The molecule has 1 unspecified atom stereocenters. The van der Waals surface area contributed by atoms with Gasteiger partial charge in [-0.25, -0.2) is 8.42 Å². The molecule has 2 aromatic rings. The van der Waals surface area contributed by atoms with E-state index in [0.717, 1.165) is 12.0 Å². The predicted octanol–water partition coefficient (Wildman–Crippen LogP) is 3.20. The summed E-state index contributed by atoms with van der Waals surface area (Å²) in [6.45, 7) is 5.64. The smallest absolute Gasteiger partial charge is 0.242 e. The lowest BCUT2D eigenvalue weighted by atomic mass is 10.0. The van der Waals surface area contributed by atoms with Gasteiger partial charge in [-0.3, -0.25) is 4.79 Å². The van der Waals surface area contributed by atoms with Crippen molar-refractivity contribution in [2.24, 2.45) is 5.92 Å². The molecule has 0 aliphatic heterocycles. The maximum absolute atomic E-state index is 12.7. The molecule has 6 nitrogen and oxygen atoms in total. The lowest BCUT2D eigenvalue weighted by Gasteiger charge is -2.22. The molecule has 0 aliphatic rings. The molecule has 1 atom stereocenters. The Morgan fingerprint density at radius 2 is 1.63 bits per heavy atom. The first-order chi connectivity index (χ1) is 12.8. The molecular weight excluding hydrogens is 364 g/mol. The average molecular weight is 391 g/mol. The molecule has 0 heterocycles. The molecule has 0 radical (unpaired) electrons. The largest absolute Gasteiger partial charge is 0.497 e. The minimum absolute atomic E-state index is 0.0778. The van der Waals surface area contributed by atoms with Crippen LogP contribution in [0.4, 0.5) is 5.69 Å². The van der Waals surface area contributed by atoms with Crippen LogP contribution in [-0.2, 0) is 21.2 Å². The second-order valence-electron chi connectivity index (χ2n) is 6.56. The molecule has 2 aromatic carbocycles. The average Bonchev–Trinajstić information content (AvgIpc) is 2.66. The second kappa shape index (κ2) is 9.01. The zero-order chi connectivity index (χ0) is 20.0. The van der Waals surface area contributed by atoms with E-state index < -0.39 is 22.0 Å². The molecule has 0 fully saturated rings. The van der Waals surface area contributed by atoms with Crippen LogP contribution in [0, 0.1) is 5.92 Å². The van der Waals surface area contributed by atoms with Gasteiger partial charge in [0.15, 0.2) is 0 Å².